The van der Waals surface area contributed by atoms with E-state index >= 15 is 0 Å². The predicted octanol–water partition coefficient (Wildman–Crippen LogP) is 3.64. The maximum absolute atomic E-state index is 14.2. The molecule has 0 atom stereocenters. The van der Waals surface area contributed by atoms with Gasteiger partial charge in [0.1, 0.15) is 5.82 Å². The Morgan fingerprint density at radius 1 is 1.25 bits per heavy atom. The number of pyridine rings is 1. The zero-order valence-electron chi connectivity index (χ0n) is 15.2. The van der Waals surface area contributed by atoms with E-state index in [1.807, 2.05) is 13.8 Å². The summed E-state index contributed by atoms with van der Waals surface area (Å²) in [5.74, 6) is -0.126. The number of nitrogens with one attached hydrogen (secondary N) is 2. The van der Waals surface area contributed by atoms with Crippen molar-refractivity contribution in [2.45, 2.75) is 26.7 Å². The lowest BCUT2D eigenvalue weighted by molar-refractivity contribution is 0.262. The smallest absolute Gasteiger partial charge is 0.306 e. The van der Waals surface area contributed by atoms with Gasteiger partial charge < -0.3 is 10.6 Å². The Kier molecular flexibility index (Phi) is 4.34. The summed E-state index contributed by atoms with van der Waals surface area (Å²) in [5.41, 5.74) is 2.11. The molecule has 0 saturated heterocycles. The Balaban J connectivity index is 1.63. The van der Waals surface area contributed by atoms with Gasteiger partial charge in [-0.15, -0.1) is 0 Å². The molecule has 9 nitrogen and oxygen atoms in total. The van der Waals surface area contributed by atoms with Crippen LogP contribution in [0.2, 0.25) is 5.15 Å². The number of carbonyl (C=O) groups excluding carboxylic acids is 1. The molecular weight excluding hydrogens is 387 g/mol. The first-order valence-corrected chi connectivity index (χ1v) is 8.84. The maximum Gasteiger partial charge on any atom is 0.323 e. The van der Waals surface area contributed by atoms with Crippen LogP contribution in [0.4, 0.5) is 20.6 Å². The Bertz CT molecular complexity index is 1220. The molecule has 0 aliphatic rings. The Labute approximate surface area is 163 Å². The third-order valence-corrected chi connectivity index (χ3v) is 4.22. The number of fused-ring (bicyclic) bond motifs is 2. The highest BCUT2D eigenvalue weighted by Gasteiger charge is 2.17. The number of halogens is 2. The number of aryl methyl sites for hydroxylation is 1. The first kappa shape index (κ1) is 18.1. The van der Waals surface area contributed by atoms with Gasteiger partial charge in [0.15, 0.2) is 22.3 Å². The van der Waals surface area contributed by atoms with Crippen LogP contribution >= 0.6 is 11.6 Å². The first-order valence-electron chi connectivity index (χ1n) is 8.46. The molecule has 11 heteroatoms. The largest absolute Gasteiger partial charge is 0.323 e. The number of rotatable bonds is 3. The second kappa shape index (κ2) is 6.71. The number of amides is 2. The minimum absolute atomic E-state index is 0.0312. The zero-order chi connectivity index (χ0) is 20.0. The van der Waals surface area contributed by atoms with Crippen LogP contribution in [0.5, 0.6) is 0 Å². The highest BCUT2D eigenvalue weighted by molar-refractivity contribution is 6.29. The fourth-order valence-electron chi connectivity index (χ4n) is 2.98. The molecule has 0 radical (unpaired) electrons. The van der Waals surface area contributed by atoms with Crippen molar-refractivity contribution in [1.29, 1.82) is 0 Å². The fraction of sp³-hybridized carbons (Fsp3) is 0.235. The van der Waals surface area contributed by atoms with Gasteiger partial charge in [-0.05, 0) is 12.8 Å². The van der Waals surface area contributed by atoms with Crippen molar-refractivity contribution < 1.29 is 9.18 Å². The summed E-state index contributed by atoms with van der Waals surface area (Å²) in [6.45, 7) is 5.58. The Morgan fingerprint density at radius 2 is 2.04 bits per heavy atom. The van der Waals surface area contributed by atoms with E-state index in [1.165, 1.54) is 23.0 Å². The van der Waals surface area contributed by atoms with Gasteiger partial charge in [-0.1, -0.05) is 25.4 Å². The van der Waals surface area contributed by atoms with Gasteiger partial charge in [0.2, 0.25) is 0 Å². The molecule has 4 aromatic rings. The first-order chi connectivity index (χ1) is 13.3. The van der Waals surface area contributed by atoms with E-state index in [0.29, 0.717) is 22.3 Å². The lowest BCUT2D eigenvalue weighted by atomic mass is 10.1. The van der Waals surface area contributed by atoms with Crippen molar-refractivity contribution in [1.82, 2.24) is 29.2 Å². The van der Waals surface area contributed by atoms with Gasteiger partial charge >= 0.3 is 6.03 Å². The Hall–Kier alpha value is -3.27. The molecule has 0 spiro atoms. The number of nitrogens with zero attached hydrogens (tertiary/aromatic N) is 6. The van der Waals surface area contributed by atoms with Crippen molar-refractivity contribution >= 4 is 40.3 Å². The summed E-state index contributed by atoms with van der Waals surface area (Å²) in [4.78, 5) is 20.7. The molecule has 2 N–H and O–H groups in total. The molecule has 2 amide bonds. The monoisotopic (exact) mass is 402 g/mol. The third-order valence-electron chi connectivity index (χ3n) is 4.04. The van der Waals surface area contributed by atoms with Gasteiger partial charge in [0, 0.05) is 12.1 Å². The summed E-state index contributed by atoms with van der Waals surface area (Å²) in [7, 11) is 0. The SMILES string of the molecule is Cc1nc2c(F)cc(NC(=O)Nc3cnc4cc(Cl)nn4c3C(C)C)cn2n1. The molecule has 0 unspecified atom stereocenters. The van der Waals surface area contributed by atoms with Gasteiger partial charge in [0.05, 0.1) is 29.5 Å². The number of urea groups is 1. The minimum Gasteiger partial charge on any atom is -0.306 e. The van der Waals surface area contributed by atoms with Gasteiger partial charge in [-0.3, -0.25) is 0 Å². The highest BCUT2D eigenvalue weighted by atomic mass is 35.5. The van der Waals surface area contributed by atoms with Crippen LogP contribution in [0.25, 0.3) is 11.3 Å². The number of aromatic nitrogens is 6. The molecule has 4 rings (SSSR count). The molecular formula is C17H16ClFN8O. The molecule has 4 aromatic heterocycles. The third kappa shape index (κ3) is 3.22. The van der Waals surface area contributed by atoms with Crippen LogP contribution in [0.1, 0.15) is 31.3 Å². The molecule has 0 aromatic carbocycles. The summed E-state index contributed by atoms with van der Waals surface area (Å²) < 4.78 is 17.0. The summed E-state index contributed by atoms with van der Waals surface area (Å²) in [5, 5.41) is 13.9. The molecule has 144 valence electrons. The van der Waals surface area contributed by atoms with E-state index in [1.54, 1.807) is 17.5 Å². The van der Waals surface area contributed by atoms with Crippen molar-refractivity contribution in [3.63, 3.8) is 0 Å². The quantitative estimate of drug-likeness (QED) is 0.544. The second-order valence-corrected chi connectivity index (χ2v) is 6.92. The van der Waals surface area contributed by atoms with Crippen molar-refractivity contribution in [2.75, 3.05) is 10.6 Å². The summed E-state index contributed by atoms with van der Waals surface area (Å²) in [6, 6.07) is 2.26. The Morgan fingerprint density at radius 3 is 2.79 bits per heavy atom. The van der Waals surface area contributed by atoms with Crippen LogP contribution in [-0.4, -0.2) is 35.2 Å². The molecule has 0 saturated carbocycles. The molecule has 0 fully saturated rings. The normalized spacial score (nSPS) is 11.5. The van der Waals surface area contributed by atoms with Gasteiger partial charge in [-0.25, -0.2) is 28.2 Å². The van der Waals surface area contributed by atoms with E-state index < -0.39 is 11.8 Å². The van der Waals surface area contributed by atoms with Gasteiger partial charge in [-0.2, -0.15) is 10.2 Å². The van der Waals surface area contributed by atoms with Crippen molar-refractivity contribution in [3.05, 3.63) is 47.0 Å². The maximum atomic E-state index is 14.2. The average molecular weight is 403 g/mol. The van der Waals surface area contributed by atoms with E-state index in [0.717, 1.165) is 5.69 Å². The van der Waals surface area contributed by atoms with Crippen LogP contribution in [0.15, 0.2) is 24.5 Å². The fourth-order valence-corrected chi connectivity index (χ4v) is 3.15. The number of anilines is 2. The topological polar surface area (TPSA) is 102 Å². The minimum atomic E-state index is -0.587. The second-order valence-electron chi connectivity index (χ2n) is 6.53. The number of hydrogen-bond acceptors (Lipinski definition) is 5. The van der Waals surface area contributed by atoms with Crippen LogP contribution in [0.3, 0.4) is 0 Å². The standard InChI is InChI=1S/C17H16ClFN8O/c1-8(2)15-12(6-20-14-5-13(18)25-27(14)15)23-17(28)22-10-4-11(19)16-21-9(3)24-26(16)7-10/h4-8H,1-3H3,(H2,22,23,28). The number of hydrogen-bond donors (Lipinski definition) is 2. The summed E-state index contributed by atoms with van der Waals surface area (Å²) >= 11 is 5.97. The van der Waals surface area contributed by atoms with Crippen LogP contribution in [-0.2, 0) is 0 Å². The summed E-state index contributed by atoms with van der Waals surface area (Å²) in [6.07, 6.45) is 3.02. The van der Waals surface area contributed by atoms with Gasteiger partial charge in [0.25, 0.3) is 0 Å². The van der Waals surface area contributed by atoms with Crippen molar-refractivity contribution in [2.24, 2.45) is 0 Å². The van der Waals surface area contributed by atoms with Crippen LogP contribution < -0.4 is 10.6 Å². The average Bonchev–Trinajstić information content (AvgIpc) is 3.15. The van der Waals surface area contributed by atoms with Crippen LogP contribution in [0, 0.1) is 12.7 Å². The van der Waals surface area contributed by atoms with E-state index in [-0.39, 0.29) is 17.3 Å². The molecule has 28 heavy (non-hydrogen) atoms. The molecule has 0 bridgehead atoms. The molecule has 4 heterocycles. The predicted molar refractivity (Wildman–Crippen MR) is 102 cm³/mol. The number of carbonyl (C=O) groups is 1. The van der Waals surface area contributed by atoms with Crippen molar-refractivity contribution in [3.8, 4) is 0 Å². The zero-order valence-corrected chi connectivity index (χ0v) is 16.0. The highest BCUT2D eigenvalue weighted by Crippen LogP contribution is 2.26. The molecule has 0 aliphatic heterocycles. The van der Waals surface area contributed by atoms with E-state index in [4.69, 9.17) is 11.6 Å². The lowest BCUT2D eigenvalue weighted by Gasteiger charge is -2.15. The van der Waals surface area contributed by atoms with E-state index in [2.05, 4.69) is 30.8 Å². The lowest BCUT2D eigenvalue weighted by Crippen LogP contribution is -2.22. The molecule has 0 aliphatic carbocycles. The van der Waals surface area contributed by atoms with E-state index in [9.17, 15) is 9.18 Å².